The second kappa shape index (κ2) is 9.38. The smallest absolute Gasteiger partial charge is 0.315 e. The van der Waals surface area contributed by atoms with Crippen LogP contribution in [0.3, 0.4) is 0 Å². The molecular formula is C16H20N2O2S2. The third-order valence-corrected chi connectivity index (χ3v) is 5.06. The fourth-order valence-electron chi connectivity index (χ4n) is 1.89. The van der Waals surface area contributed by atoms with Crippen molar-refractivity contribution in [2.75, 3.05) is 19.4 Å². The van der Waals surface area contributed by atoms with Crippen LogP contribution < -0.4 is 15.4 Å². The molecule has 22 heavy (non-hydrogen) atoms. The summed E-state index contributed by atoms with van der Waals surface area (Å²) in [4.78, 5) is 13.1. The van der Waals surface area contributed by atoms with E-state index in [9.17, 15) is 4.79 Å². The molecule has 118 valence electrons. The summed E-state index contributed by atoms with van der Waals surface area (Å²) < 4.78 is 5.25. The number of carbonyl (C=O) groups excluding carboxylic acids is 1. The first-order chi connectivity index (χ1) is 10.8. The minimum absolute atomic E-state index is 0.150. The fraction of sp³-hybridized carbons (Fsp3) is 0.312. The number of thiophene rings is 1. The van der Waals surface area contributed by atoms with Crippen LogP contribution in [0.15, 0.2) is 41.8 Å². The Kier molecular flexibility index (Phi) is 7.12. The Morgan fingerprint density at radius 1 is 1.23 bits per heavy atom. The highest BCUT2D eigenvalue weighted by molar-refractivity contribution is 7.98. The molecule has 0 atom stereocenters. The van der Waals surface area contributed by atoms with Crippen molar-refractivity contribution in [2.45, 2.75) is 12.3 Å². The number of carbonyl (C=O) groups is 1. The minimum Gasteiger partial charge on any atom is -0.496 e. The molecule has 0 aliphatic rings. The Morgan fingerprint density at radius 3 is 2.86 bits per heavy atom. The molecule has 2 rings (SSSR count). The summed E-state index contributed by atoms with van der Waals surface area (Å²) in [6.45, 7) is 1.12. The van der Waals surface area contributed by atoms with Gasteiger partial charge in [0.25, 0.3) is 0 Å². The van der Waals surface area contributed by atoms with Crippen molar-refractivity contribution in [3.8, 4) is 5.75 Å². The highest BCUT2D eigenvalue weighted by Crippen LogP contribution is 2.17. The number of hydrogen-bond donors (Lipinski definition) is 2. The lowest BCUT2D eigenvalue weighted by Crippen LogP contribution is -2.36. The number of para-hydroxylation sites is 1. The molecular weight excluding hydrogens is 316 g/mol. The summed E-state index contributed by atoms with van der Waals surface area (Å²) in [5.41, 5.74) is 0.965. The Labute approximate surface area is 139 Å². The van der Waals surface area contributed by atoms with Gasteiger partial charge in [-0.05, 0) is 17.5 Å². The largest absolute Gasteiger partial charge is 0.496 e. The van der Waals surface area contributed by atoms with Crippen LogP contribution in [0.5, 0.6) is 5.75 Å². The van der Waals surface area contributed by atoms with Gasteiger partial charge in [-0.15, -0.1) is 11.3 Å². The van der Waals surface area contributed by atoms with Gasteiger partial charge in [0.05, 0.1) is 7.11 Å². The Balaban J connectivity index is 1.59. The molecule has 2 amide bonds. The molecule has 0 saturated carbocycles. The molecule has 0 fully saturated rings. The van der Waals surface area contributed by atoms with Crippen LogP contribution in [-0.4, -0.2) is 25.4 Å². The molecule has 2 N–H and O–H groups in total. The van der Waals surface area contributed by atoms with E-state index in [1.54, 1.807) is 18.4 Å². The fourth-order valence-corrected chi connectivity index (χ4v) is 3.59. The monoisotopic (exact) mass is 336 g/mol. The van der Waals surface area contributed by atoms with Crippen LogP contribution in [0.4, 0.5) is 4.79 Å². The summed E-state index contributed by atoms with van der Waals surface area (Å²) in [5.74, 6) is 2.69. The third kappa shape index (κ3) is 5.61. The standard InChI is InChI=1S/C16H20N2O2S2/c1-20-15-7-3-2-5-13(15)11-18-16(19)17-8-10-21-12-14-6-4-9-22-14/h2-7,9H,8,10-12H2,1H3,(H2,17,18,19). The summed E-state index contributed by atoms with van der Waals surface area (Å²) >= 11 is 3.59. The van der Waals surface area contributed by atoms with E-state index in [-0.39, 0.29) is 6.03 Å². The second-order valence-corrected chi connectivity index (χ2v) is 6.69. The predicted octanol–water partition coefficient (Wildman–Crippen LogP) is 3.49. The van der Waals surface area contributed by atoms with E-state index in [0.717, 1.165) is 22.8 Å². The predicted molar refractivity (Wildman–Crippen MR) is 93.7 cm³/mol. The highest BCUT2D eigenvalue weighted by Gasteiger charge is 2.04. The van der Waals surface area contributed by atoms with Crippen LogP contribution in [0.25, 0.3) is 0 Å². The molecule has 0 bridgehead atoms. The lowest BCUT2D eigenvalue weighted by molar-refractivity contribution is 0.241. The van der Waals surface area contributed by atoms with Crippen molar-refractivity contribution in [1.82, 2.24) is 10.6 Å². The Morgan fingerprint density at radius 2 is 2.09 bits per heavy atom. The molecule has 0 radical (unpaired) electrons. The van der Waals surface area contributed by atoms with Gasteiger partial charge in [0.1, 0.15) is 5.75 Å². The average Bonchev–Trinajstić information content (AvgIpc) is 3.06. The zero-order chi connectivity index (χ0) is 15.6. The van der Waals surface area contributed by atoms with E-state index < -0.39 is 0 Å². The van der Waals surface area contributed by atoms with Crippen LogP contribution >= 0.6 is 23.1 Å². The van der Waals surface area contributed by atoms with E-state index in [1.165, 1.54) is 4.88 Å². The molecule has 0 aliphatic heterocycles. The first-order valence-corrected chi connectivity index (χ1v) is 9.06. The zero-order valence-corrected chi connectivity index (χ0v) is 14.1. The molecule has 2 aromatic rings. The normalized spacial score (nSPS) is 10.2. The number of nitrogens with one attached hydrogen (secondary N) is 2. The number of ether oxygens (including phenoxy) is 1. The molecule has 0 unspecified atom stereocenters. The number of methoxy groups -OCH3 is 1. The quantitative estimate of drug-likeness (QED) is 0.726. The third-order valence-electron chi connectivity index (χ3n) is 2.99. The number of benzene rings is 1. The summed E-state index contributed by atoms with van der Waals surface area (Å²) in [6, 6.07) is 11.7. The molecule has 4 nitrogen and oxygen atoms in total. The number of urea groups is 1. The van der Waals surface area contributed by atoms with Gasteiger partial charge in [0.2, 0.25) is 0 Å². The van der Waals surface area contributed by atoms with Crippen LogP contribution in [-0.2, 0) is 12.3 Å². The van der Waals surface area contributed by atoms with Crippen LogP contribution in [0, 0.1) is 0 Å². The minimum atomic E-state index is -0.150. The molecule has 0 aliphatic carbocycles. The van der Waals surface area contributed by atoms with Gasteiger partial charge >= 0.3 is 6.03 Å². The summed E-state index contributed by atoms with van der Waals surface area (Å²) in [6.07, 6.45) is 0. The maximum atomic E-state index is 11.7. The van der Waals surface area contributed by atoms with Crippen molar-refractivity contribution in [3.63, 3.8) is 0 Å². The van der Waals surface area contributed by atoms with Gasteiger partial charge in [-0.2, -0.15) is 11.8 Å². The molecule has 1 heterocycles. The number of thioether (sulfide) groups is 1. The molecule has 0 saturated heterocycles. The molecule has 6 heteroatoms. The zero-order valence-electron chi connectivity index (χ0n) is 12.5. The molecule has 0 spiro atoms. The van der Waals surface area contributed by atoms with Gasteiger partial charge in [-0.1, -0.05) is 24.3 Å². The van der Waals surface area contributed by atoms with Gasteiger partial charge in [0, 0.05) is 35.0 Å². The number of rotatable bonds is 8. The van der Waals surface area contributed by atoms with Gasteiger partial charge in [-0.25, -0.2) is 4.79 Å². The van der Waals surface area contributed by atoms with E-state index in [0.29, 0.717) is 13.1 Å². The van der Waals surface area contributed by atoms with Crippen LogP contribution in [0.1, 0.15) is 10.4 Å². The highest BCUT2D eigenvalue weighted by atomic mass is 32.2. The topological polar surface area (TPSA) is 50.4 Å². The summed E-state index contributed by atoms with van der Waals surface area (Å²) in [5, 5.41) is 7.79. The Hall–Kier alpha value is -1.66. The Bertz CT molecular complexity index is 573. The maximum Gasteiger partial charge on any atom is 0.315 e. The van der Waals surface area contributed by atoms with E-state index in [4.69, 9.17) is 4.74 Å². The average molecular weight is 336 g/mol. The lowest BCUT2D eigenvalue weighted by atomic mass is 10.2. The first kappa shape index (κ1) is 16.7. The van der Waals surface area contributed by atoms with Gasteiger partial charge in [0.15, 0.2) is 0 Å². The van der Waals surface area contributed by atoms with Crippen molar-refractivity contribution < 1.29 is 9.53 Å². The number of hydrogen-bond acceptors (Lipinski definition) is 4. The van der Waals surface area contributed by atoms with Crippen molar-refractivity contribution >= 4 is 29.1 Å². The van der Waals surface area contributed by atoms with E-state index in [2.05, 4.69) is 28.1 Å². The van der Waals surface area contributed by atoms with E-state index >= 15 is 0 Å². The summed E-state index contributed by atoms with van der Waals surface area (Å²) in [7, 11) is 1.63. The maximum absolute atomic E-state index is 11.7. The SMILES string of the molecule is COc1ccccc1CNC(=O)NCCSCc1cccs1. The second-order valence-electron chi connectivity index (χ2n) is 4.55. The van der Waals surface area contributed by atoms with Gasteiger partial charge in [-0.3, -0.25) is 0 Å². The van der Waals surface area contributed by atoms with Crippen molar-refractivity contribution in [1.29, 1.82) is 0 Å². The van der Waals surface area contributed by atoms with Crippen LogP contribution in [0.2, 0.25) is 0 Å². The molecule has 1 aromatic carbocycles. The molecule has 1 aromatic heterocycles. The van der Waals surface area contributed by atoms with Crippen molar-refractivity contribution in [2.24, 2.45) is 0 Å². The van der Waals surface area contributed by atoms with Gasteiger partial charge < -0.3 is 15.4 Å². The lowest BCUT2D eigenvalue weighted by Gasteiger charge is -2.10. The van der Waals surface area contributed by atoms with E-state index in [1.807, 2.05) is 36.0 Å². The van der Waals surface area contributed by atoms with Crippen molar-refractivity contribution in [3.05, 3.63) is 52.2 Å². The first-order valence-electron chi connectivity index (χ1n) is 7.03. The number of amides is 2.